The highest BCUT2D eigenvalue weighted by Gasteiger charge is 2.13. The molecule has 0 atom stereocenters. The number of fused-ring (bicyclic) bond motifs is 1. The molecule has 0 saturated heterocycles. The van der Waals surface area contributed by atoms with Crippen LogP contribution in [-0.4, -0.2) is 54.4 Å². The van der Waals surface area contributed by atoms with E-state index in [1.807, 2.05) is 6.92 Å². The number of nitrogens with one attached hydrogen (secondary N) is 2. The summed E-state index contributed by atoms with van der Waals surface area (Å²) in [6.07, 6.45) is 0. The monoisotopic (exact) mass is 328 g/mol. The molecule has 0 radical (unpaired) electrons. The molecule has 24 heavy (non-hydrogen) atoms. The number of nitrogens with zero attached hydrogens (tertiary/aromatic N) is 4. The summed E-state index contributed by atoms with van der Waals surface area (Å²) < 4.78 is 5.09. The van der Waals surface area contributed by atoms with Crippen molar-refractivity contribution in [3.05, 3.63) is 29.0 Å². The van der Waals surface area contributed by atoms with Gasteiger partial charge < -0.3 is 10.1 Å². The Labute approximate surface area is 142 Å². The average molecular weight is 328 g/mol. The van der Waals surface area contributed by atoms with Gasteiger partial charge in [0.15, 0.2) is 0 Å². The largest absolute Gasteiger partial charge is 0.383 e. The first-order chi connectivity index (χ1) is 11.6. The van der Waals surface area contributed by atoms with Crippen LogP contribution in [0.5, 0.6) is 0 Å². The van der Waals surface area contributed by atoms with Gasteiger partial charge in [0.2, 0.25) is 11.9 Å². The summed E-state index contributed by atoms with van der Waals surface area (Å²) in [6.45, 7) is 9.11. The van der Waals surface area contributed by atoms with Crippen molar-refractivity contribution in [1.82, 2.24) is 20.2 Å². The second kappa shape index (κ2) is 7.11. The molecule has 0 bridgehead atoms. The molecular weight excluding hydrogens is 304 g/mol. The molecule has 1 aromatic carbocycles. The van der Waals surface area contributed by atoms with Crippen LogP contribution < -0.4 is 10.6 Å². The minimum atomic E-state index is 0.569. The SMILES string of the molecule is COCCN1CN=C(Nc2nc(C)c3cc(C)c(C)cc3n2)NC1. The number of guanidine groups is 1. The van der Waals surface area contributed by atoms with Crippen molar-refractivity contribution in [1.29, 1.82) is 0 Å². The molecule has 2 N–H and O–H groups in total. The molecule has 0 spiro atoms. The van der Waals surface area contributed by atoms with E-state index in [0.717, 1.165) is 29.8 Å². The summed E-state index contributed by atoms with van der Waals surface area (Å²) in [7, 11) is 1.70. The topological polar surface area (TPSA) is 74.7 Å². The van der Waals surface area contributed by atoms with E-state index in [-0.39, 0.29) is 0 Å². The van der Waals surface area contributed by atoms with Crippen LogP contribution in [0.1, 0.15) is 16.8 Å². The van der Waals surface area contributed by atoms with E-state index in [0.29, 0.717) is 25.2 Å². The van der Waals surface area contributed by atoms with Crippen molar-refractivity contribution in [2.75, 3.05) is 38.9 Å². The fourth-order valence-electron chi connectivity index (χ4n) is 2.62. The van der Waals surface area contributed by atoms with E-state index in [4.69, 9.17) is 4.74 Å². The van der Waals surface area contributed by atoms with Gasteiger partial charge in [-0.3, -0.25) is 10.2 Å². The molecule has 1 aromatic heterocycles. The number of hydrogen-bond acceptors (Lipinski definition) is 7. The maximum absolute atomic E-state index is 5.09. The number of anilines is 1. The Hall–Kier alpha value is -2.25. The Morgan fingerprint density at radius 1 is 1.21 bits per heavy atom. The molecule has 1 aliphatic rings. The zero-order valence-corrected chi connectivity index (χ0v) is 14.7. The quantitative estimate of drug-likeness (QED) is 0.891. The molecule has 7 nitrogen and oxygen atoms in total. The molecule has 2 aromatic rings. The zero-order chi connectivity index (χ0) is 17.1. The number of aliphatic imine (C=N–C) groups is 1. The number of rotatable bonds is 4. The lowest BCUT2D eigenvalue weighted by Crippen LogP contribution is -2.46. The van der Waals surface area contributed by atoms with Gasteiger partial charge in [0.05, 0.1) is 31.2 Å². The fraction of sp³-hybridized carbons (Fsp3) is 0.471. The maximum atomic E-state index is 5.09. The Balaban J connectivity index is 1.76. The third kappa shape index (κ3) is 3.63. The predicted octanol–water partition coefficient (Wildman–Crippen LogP) is 1.79. The van der Waals surface area contributed by atoms with E-state index < -0.39 is 0 Å². The van der Waals surface area contributed by atoms with Crippen LogP contribution in [0.3, 0.4) is 0 Å². The summed E-state index contributed by atoms with van der Waals surface area (Å²) in [4.78, 5) is 15.8. The highest BCUT2D eigenvalue weighted by atomic mass is 16.5. The minimum absolute atomic E-state index is 0.569. The summed E-state index contributed by atoms with van der Waals surface area (Å²) in [5, 5.41) is 7.52. The smallest absolute Gasteiger partial charge is 0.230 e. The molecule has 0 saturated carbocycles. The lowest BCUT2D eigenvalue weighted by Gasteiger charge is -2.26. The molecule has 1 aliphatic heterocycles. The number of aryl methyl sites for hydroxylation is 3. The Morgan fingerprint density at radius 3 is 2.71 bits per heavy atom. The molecule has 2 heterocycles. The summed E-state index contributed by atoms with van der Waals surface area (Å²) >= 11 is 0. The molecule has 128 valence electrons. The first-order valence-corrected chi connectivity index (χ1v) is 8.09. The minimum Gasteiger partial charge on any atom is -0.383 e. The second-order valence-corrected chi connectivity index (χ2v) is 6.08. The average Bonchev–Trinajstić information content (AvgIpc) is 2.56. The Kier molecular flexibility index (Phi) is 4.92. The van der Waals surface area contributed by atoms with Crippen LogP contribution in [0.15, 0.2) is 17.1 Å². The van der Waals surface area contributed by atoms with E-state index in [1.165, 1.54) is 11.1 Å². The first-order valence-electron chi connectivity index (χ1n) is 8.09. The third-order valence-corrected chi connectivity index (χ3v) is 4.24. The van der Waals surface area contributed by atoms with Gasteiger partial charge in [-0.2, -0.15) is 0 Å². The second-order valence-electron chi connectivity index (χ2n) is 6.08. The lowest BCUT2D eigenvalue weighted by atomic mass is 10.1. The van der Waals surface area contributed by atoms with Crippen LogP contribution in [0.4, 0.5) is 5.95 Å². The van der Waals surface area contributed by atoms with E-state index in [1.54, 1.807) is 7.11 Å². The summed E-state index contributed by atoms with van der Waals surface area (Å²) in [6, 6.07) is 4.25. The Bertz CT molecular complexity index is 773. The number of methoxy groups -OCH3 is 1. The molecule has 0 amide bonds. The molecular formula is C17H24N6O. The molecule has 3 rings (SSSR count). The van der Waals surface area contributed by atoms with Crippen molar-refractivity contribution in [2.45, 2.75) is 20.8 Å². The lowest BCUT2D eigenvalue weighted by molar-refractivity contribution is 0.145. The van der Waals surface area contributed by atoms with Crippen LogP contribution in [-0.2, 0) is 4.74 Å². The molecule has 0 fully saturated rings. The van der Waals surface area contributed by atoms with Gasteiger partial charge >= 0.3 is 0 Å². The number of aromatic nitrogens is 2. The van der Waals surface area contributed by atoms with Gasteiger partial charge in [-0.25, -0.2) is 15.0 Å². The normalized spacial score (nSPS) is 15.2. The summed E-state index contributed by atoms with van der Waals surface area (Å²) in [5.74, 6) is 1.27. The van der Waals surface area contributed by atoms with E-state index >= 15 is 0 Å². The number of hydrogen-bond donors (Lipinski definition) is 2. The van der Waals surface area contributed by atoms with Gasteiger partial charge in [-0.1, -0.05) is 0 Å². The van der Waals surface area contributed by atoms with Crippen LogP contribution in [0.25, 0.3) is 10.9 Å². The van der Waals surface area contributed by atoms with Crippen molar-refractivity contribution in [2.24, 2.45) is 4.99 Å². The van der Waals surface area contributed by atoms with Gasteiger partial charge in [0.25, 0.3) is 0 Å². The molecule has 0 unspecified atom stereocenters. The maximum Gasteiger partial charge on any atom is 0.230 e. The fourth-order valence-corrected chi connectivity index (χ4v) is 2.62. The number of ether oxygens (including phenoxy) is 1. The van der Waals surface area contributed by atoms with Crippen molar-refractivity contribution >= 4 is 22.8 Å². The van der Waals surface area contributed by atoms with Gasteiger partial charge in [-0.15, -0.1) is 0 Å². The third-order valence-electron chi connectivity index (χ3n) is 4.24. The standard InChI is InChI=1S/C17H24N6O/c1-11-7-14-13(3)20-17(21-15(14)8-12(11)2)22-16-18-9-23(10-19-16)5-6-24-4/h7-8H,5-6,9-10H2,1-4H3,(H2,18,19,20,21,22). The highest BCUT2D eigenvalue weighted by Crippen LogP contribution is 2.21. The van der Waals surface area contributed by atoms with Crippen molar-refractivity contribution in [3.63, 3.8) is 0 Å². The molecule has 7 heteroatoms. The van der Waals surface area contributed by atoms with E-state index in [9.17, 15) is 0 Å². The van der Waals surface area contributed by atoms with Crippen LogP contribution in [0.2, 0.25) is 0 Å². The van der Waals surface area contributed by atoms with Gasteiger partial charge in [-0.05, 0) is 44.0 Å². The van der Waals surface area contributed by atoms with Crippen molar-refractivity contribution < 1.29 is 4.74 Å². The van der Waals surface area contributed by atoms with Crippen LogP contribution in [0, 0.1) is 20.8 Å². The number of benzene rings is 1. The predicted molar refractivity (Wildman–Crippen MR) is 96.3 cm³/mol. The first kappa shape index (κ1) is 16.6. The van der Waals surface area contributed by atoms with E-state index in [2.05, 4.69) is 56.5 Å². The zero-order valence-electron chi connectivity index (χ0n) is 14.7. The Morgan fingerprint density at radius 2 is 2.00 bits per heavy atom. The van der Waals surface area contributed by atoms with Gasteiger partial charge in [0.1, 0.15) is 0 Å². The highest BCUT2D eigenvalue weighted by molar-refractivity contribution is 5.93. The summed E-state index contributed by atoms with van der Waals surface area (Å²) in [5.41, 5.74) is 4.40. The molecule has 0 aliphatic carbocycles. The van der Waals surface area contributed by atoms with Gasteiger partial charge in [0, 0.05) is 19.0 Å². The van der Waals surface area contributed by atoms with Crippen LogP contribution >= 0.6 is 0 Å². The van der Waals surface area contributed by atoms with Crippen molar-refractivity contribution in [3.8, 4) is 0 Å².